The number of nitrogens with one attached hydrogen (secondary N) is 1. The fourth-order valence-electron chi connectivity index (χ4n) is 5.88. The Bertz CT molecular complexity index is 1540. The molecule has 4 aromatic rings. The van der Waals surface area contributed by atoms with Gasteiger partial charge in [0.15, 0.2) is 5.60 Å². The molecule has 0 saturated carbocycles. The second kappa shape index (κ2) is 10.7. The van der Waals surface area contributed by atoms with Crippen molar-refractivity contribution >= 4 is 23.0 Å². The number of benzene rings is 4. The monoisotopic (exact) mass is 532 g/mol. The molecule has 1 spiro atoms. The summed E-state index contributed by atoms with van der Waals surface area (Å²) in [6.07, 6.45) is 4.56. The van der Waals surface area contributed by atoms with E-state index >= 15 is 0 Å². The SMILES string of the molecule is CCCCN(CCCC)c1ccc2c(c1)Oc1cc(C)c(Nc3ccccc3)cc1[C@]21OC(=O)c2ccccc21. The summed E-state index contributed by atoms with van der Waals surface area (Å²) in [5, 5.41) is 3.55. The molecule has 0 unspecified atom stereocenters. The van der Waals surface area contributed by atoms with Gasteiger partial charge < -0.3 is 19.7 Å². The molecule has 0 radical (unpaired) electrons. The van der Waals surface area contributed by atoms with Crippen molar-refractivity contribution in [3.8, 4) is 11.5 Å². The molecular weight excluding hydrogens is 496 g/mol. The number of hydrogen-bond donors (Lipinski definition) is 1. The lowest BCUT2D eigenvalue weighted by Crippen LogP contribution is -2.33. The van der Waals surface area contributed by atoms with E-state index in [1.54, 1.807) is 0 Å². The van der Waals surface area contributed by atoms with E-state index in [1.165, 1.54) is 0 Å². The normalized spacial score (nSPS) is 16.5. The third kappa shape index (κ3) is 4.40. The molecule has 0 aromatic heterocycles. The van der Waals surface area contributed by atoms with E-state index in [1.807, 2.05) is 54.6 Å². The predicted molar refractivity (Wildman–Crippen MR) is 161 cm³/mol. The molecule has 6 rings (SSSR count). The first-order chi connectivity index (χ1) is 19.5. The van der Waals surface area contributed by atoms with E-state index in [0.717, 1.165) is 83.8 Å². The zero-order chi connectivity index (χ0) is 27.7. The molecule has 0 bridgehead atoms. The lowest BCUT2D eigenvalue weighted by Gasteiger charge is -2.38. The number of esters is 1. The standard InChI is InChI=1S/C35H36N2O3/c1-4-6-19-37(20-7-5-2)26-17-18-29-33(22-26)39-32-21-24(3)31(36-25-13-9-8-10-14-25)23-30(32)35(29)28-16-12-11-15-27(28)34(38)40-35/h8-18,21-23,36H,4-7,19-20H2,1-3H3/t35-/m1/s1. The molecule has 2 aliphatic heterocycles. The van der Waals surface area contributed by atoms with Crippen LogP contribution in [-0.4, -0.2) is 19.1 Å². The van der Waals surface area contributed by atoms with Crippen molar-refractivity contribution < 1.29 is 14.3 Å². The van der Waals surface area contributed by atoms with Crippen molar-refractivity contribution in [2.75, 3.05) is 23.3 Å². The minimum absolute atomic E-state index is 0.316. The number of anilines is 3. The number of aryl methyl sites for hydroxylation is 1. The molecule has 2 heterocycles. The Hall–Kier alpha value is -4.25. The topological polar surface area (TPSA) is 50.8 Å². The van der Waals surface area contributed by atoms with Crippen LogP contribution in [0.25, 0.3) is 0 Å². The van der Waals surface area contributed by atoms with Gasteiger partial charge in [-0.05, 0) is 67.8 Å². The van der Waals surface area contributed by atoms with E-state index in [9.17, 15) is 4.79 Å². The number of rotatable bonds is 9. The summed E-state index contributed by atoms with van der Waals surface area (Å²) in [4.78, 5) is 15.8. The average Bonchev–Trinajstić information content (AvgIpc) is 3.27. The molecule has 0 fully saturated rings. The first-order valence-corrected chi connectivity index (χ1v) is 14.4. The van der Waals surface area contributed by atoms with Crippen LogP contribution in [-0.2, 0) is 10.3 Å². The second-order valence-corrected chi connectivity index (χ2v) is 10.7. The summed E-state index contributed by atoms with van der Waals surface area (Å²) in [6, 6.07) is 28.3. The van der Waals surface area contributed by atoms with Gasteiger partial charge in [0.25, 0.3) is 0 Å². The highest BCUT2D eigenvalue weighted by molar-refractivity contribution is 5.97. The lowest BCUT2D eigenvalue weighted by molar-refractivity contribution is 0.0224. The van der Waals surface area contributed by atoms with Crippen molar-refractivity contribution in [1.82, 2.24) is 0 Å². The Morgan fingerprint density at radius 2 is 1.48 bits per heavy atom. The van der Waals surface area contributed by atoms with Crippen molar-refractivity contribution in [1.29, 1.82) is 0 Å². The fraction of sp³-hybridized carbons (Fsp3) is 0.286. The summed E-state index contributed by atoms with van der Waals surface area (Å²) in [6.45, 7) is 8.53. The highest BCUT2D eigenvalue weighted by atomic mass is 16.6. The third-order valence-electron chi connectivity index (χ3n) is 8.02. The molecule has 2 aliphatic rings. The molecule has 0 aliphatic carbocycles. The Balaban J connectivity index is 1.51. The van der Waals surface area contributed by atoms with Gasteiger partial charge in [0, 0.05) is 52.9 Å². The number of para-hydroxylation sites is 1. The van der Waals surface area contributed by atoms with Crippen LogP contribution in [0.1, 0.15) is 72.1 Å². The molecule has 40 heavy (non-hydrogen) atoms. The molecule has 1 N–H and O–H groups in total. The zero-order valence-electron chi connectivity index (χ0n) is 23.5. The number of carbonyl (C=O) groups excluding carboxylic acids is 1. The van der Waals surface area contributed by atoms with Crippen LogP contribution in [0.3, 0.4) is 0 Å². The smallest absolute Gasteiger partial charge is 0.340 e. The van der Waals surface area contributed by atoms with Gasteiger partial charge in [-0.25, -0.2) is 4.79 Å². The summed E-state index contributed by atoms with van der Waals surface area (Å²) in [7, 11) is 0. The zero-order valence-corrected chi connectivity index (χ0v) is 23.5. The maximum atomic E-state index is 13.3. The minimum Gasteiger partial charge on any atom is -0.456 e. The van der Waals surface area contributed by atoms with Crippen LogP contribution in [0, 0.1) is 6.92 Å². The average molecular weight is 533 g/mol. The van der Waals surface area contributed by atoms with Crippen molar-refractivity contribution in [2.45, 2.75) is 52.1 Å². The van der Waals surface area contributed by atoms with Crippen LogP contribution in [0.15, 0.2) is 84.9 Å². The van der Waals surface area contributed by atoms with Gasteiger partial charge >= 0.3 is 5.97 Å². The molecule has 0 saturated heterocycles. The maximum Gasteiger partial charge on any atom is 0.340 e. The van der Waals surface area contributed by atoms with Crippen LogP contribution < -0.4 is 15.0 Å². The van der Waals surface area contributed by atoms with Gasteiger partial charge in [-0.3, -0.25) is 0 Å². The lowest BCUT2D eigenvalue weighted by atomic mass is 9.77. The van der Waals surface area contributed by atoms with Crippen molar-refractivity contribution in [2.24, 2.45) is 0 Å². The highest BCUT2D eigenvalue weighted by Crippen LogP contribution is 2.57. The third-order valence-corrected chi connectivity index (χ3v) is 8.02. The molecule has 1 atom stereocenters. The van der Waals surface area contributed by atoms with Gasteiger partial charge in [-0.1, -0.05) is 63.1 Å². The number of ether oxygens (including phenoxy) is 2. The number of carbonyl (C=O) groups is 1. The molecular formula is C35H36N2O3. The van der Waals surface area contributed by atoms with Gasteiger partial charge in [0.1, 0.15) is 11.5 Å². The van der Waals surface area contributed by atoms with E-state index < -0.39 is 5.60 Å². The molecule has 5 nitrogen and oxygen atoms in total. The van der Waals surface area contributed by atoms with Gasteiger partial charge in [-0.2, -0.15) is 0 Å². The quantitative estimate of drug-likeness (QED) is 0.219. The summed E-state index contributed by atoms with van der Waals surface area (Å²) < 4.78 is 13.1. The van der Waals surface area contributed by atoms with Crippen LogP contribution in [0.4, 0.5) is 17.1 Å². The molecule has 4 aromatic carbocycles. The number of nitrogens with zero attached hydrogens (tertiary/aromatic N) is 1. The Kier molecular flexibility index (Phi) is 6.97. The number of fused-ring (bicyclic) bond motifs is 6. The summed E-state index contributed by atoms with van der Waals surface area (Å²) in [5.41, 5.74) is 6.14. The Morgan fingerprint density at radius 1 is 0.775 bits per heavy atom. The first-order valence-electron chi connectivity index (χ1n) is 14.4. The second-order valence-electron chi connectivity index (χ2n) is 10.7. The van der Waals surface area contributed by atoms with E-state index in [-0.39, 0.29) is 5.97 Å². The summed E-state index contributed by atoms with van der Waals surface area (Å²) in [5.74, 6) is 1.12. The first kappa shape index (κ1) is 26.0. The molecule has 204 valence electrons. The largest absolute Gasteiger partial charge is 0.456 e. The van der Waals surface area contributed by atoms with Crippen LogP contribution >= 0.6 is 0 Å². The van der Waals surface area contributed by atoms with Gasteiger partial charge in [0.2, 0.25) is 0 Å². The van der Waals surface area contributed by atoms with Gasteiger partial charge in [-0.15, -0.1) is 0 Å². The Labute approximate surface area is 236 Å². The van der Waals surface area contributed by atoms with Crippen LogP contribution in [0.5, 0.6) is 11.5 Å². The van der Waals surface area contributed by atoms with E-state index in [0.29, 0.717) is 11.3 Å². The minimum atomic E-state index is -1.09. The van der Waals surface area contributed by atoms with Gasteiger partial charge in [0.05, 0.1) is 5.56 Å². The van der Waals surface area contributed by atoms with E-state index in [4.69, 9.17) is 9.47 Å². The Morgan fingerprint density at radius 3 is 2.23 bits per heavy atom. The van der Waals surface area contributed by atoms with Crippen molar-refractivity contribution in [3.05, 3.63) is 113 Å². The number of unbranched alkanes of at least 4 members (excludes halogenated alkanes) is 2. The summed E-state index contributed by atoms with van der Waals surface area (Å²) >= 11 is 0. The van der Waals surface area contributed by atoms with Crippen molar-refractivity contribution in [3.63, 3.8) is 0 Å². The maximum absolute atomic E-state index is 13.3. The highest BCUT2D eigenvalue weighted by Gasteiger charge is 2.53. The fourth-order valence-corrected chi connectivity index (χ4v) is 5.88. The van der Waals surface area contributed by atoms with Crippen LogP contribution in [0.2, 0.25) is 0 Å². The molecule has 5 heteroatoms. The molecule has 0 amide bonds. The van der Waals surface area contributed by atoms with E-state index in [2.05, 4.69) is 61.3 Å². The predicted octanol–water partition coefficient (Wildman–Crippen LogP) is 8.71. The number of hydrogen-bond acceptors (Lipinski definition) is 5.